The van der Waals surface area contributed by atoms with E-state index in [0.717, 1.165) is 12.1 Å². The molecule has 0 aliphatic carbocycles. The zero-order chi connectivity index (χ0) is 14.6. The van der Waals surface area contributed by atoms with Gasteiger partial charge in [0.25, 0.3) is 0 Å². The van der Waals surface area contributed by atoms with Gasteiger partial charge in [0.05, 0.1) is 5.56 Å². The molecule has 0 amide bonds. The molecule has 0 radical (unpaired) electrons. The summed E-state index contributed by atoms with van der Waals surface area (Å²) in [5, 5.41) is 2.77. The molecular weight excluding hydrogens is 275 g/mol. The van der Waals surface area contributed by atoms with Gasteiger partial charge in [-0.25, -0.2) is 9.97 Å². The first-order chi connectivity index (χ1) is 9.46. The minimum Gasteiger partial charge on any atom is -0.406 e. The van der Waals surface area contributed by atoms with Crippen molar-refractivity contribution in [3.8, 4) is 5.75 Å². The number of nitrogens with one attached hydrogen (secondary N) is 1. The van der Waals surface area contributed by atoms with Crippen LogP contribution in [0.4, 0.5) is 24.8 Å². The van der Waals surface area contributed by atoms with Gasteiger partial charge in [-0.2, -0.15) is 0 Å². The molecule has 1 N–H and O–H groups in total. The summed E-state index contributed by atoms with van der Waals surface area (Å²) >= 11 is 0. The van der Waals surface area contributed by atoms with Crippen molar-refractivity contribution in [2.75, 3.05) is 5.32 Å². The Balaban J connectivity index is 2.04. The first kappa shape index (κ1) is 13.8. The third-order valence-electron chi connectivity index (χ3n) is 2.15. The summed E-state index contributed by atoms with van der Waals surface area (Å²) in [4.78, 5) is 18.1. The fraction of sp³-hybridized carbons (Fsp3) is 0.0833. The van der Waals surface area contributed by atoms with Gasteiger partial charge in [0.1, 0.15) is 5.75 Å². The highest BCUT2D eigenvalue weighted by molar-refractivity contribution is 5.73. The molecule has 0 aliphatic heterocycles. The third kappa shape index (κ3) is 3.94. The fourth-order valence-corrected chi connectivity index (χ4v) is 1.33. The van der Waals surface area contributed by atoms with Crippen LogP contribution in [-0.2, 0) is 0 Å². The minimum atomic E-state index is -4.72. The van der Waals surface area contributed by atoms with Crippen molar-refractivity contribution in [1.29, 1.82) is 0 Å². The largest absolute Gasteiger partial charge is 0.573 e. The van der Waals surface area contributed by atoms with E-state index in [2.05, 4.69) is 20.0 Å². The van der Waals surface area contributed by atoms with E-state index in [9.17, 15) is 18.0 Å². The topological polar surface area (TPSA) is 64.1 Å². The van der Waals surface area contributed by atoms with Gasteiger partial charge in [0, 0.05) is 18.1 Å². The highest BCUT2D eigenvalue weighted by atomic mass is 19.4. The number of aromatic nitrogens is 2. The number of rotatable bonds is 4. The Morgan fingerprint density at radius 1 is 1.10 bits per heavy atom. The van der Waals surface area contributed by atoms with Crippen LogP contribution in [0.15, 0.2) is 36.7 Å². The quantitative estimate of drug-likeness (QED) is 0.874. The second-order valence-corrected chi connectivity index (χ2v) is 3.66. The molecule has 0 unspecified atom stereocenters. The molecule has 0 atom stereocenters. The molecule has 0 saturated carbocycles. The highest BCUT2D eigenvalue weighted by Crippen LogP contribution is 2.24. The van der Waals surface area contributed by atoms with E-state index in [-0.39, 0.29) is 11.7 Å². The number of hydrogen-bond acceptors (Lipinski definition) is 5. The van der Waals surface area contributed by atoms with Crippen LogP contribution in [0.3, 0.4) is 0 Å². The summed E-state index contributed by atoms with van der Waals surface area (Å²) in [6.07, 6.45) is -1.47. The summed E-state index contributed by atoms with van der Waals surface area (Å²) in [6, 6.07) is 5.10. The maximum atomic E-state index is 12.0. The van der Waals surface area contributed by atoms with Crippen molar-refractivity contribution in [2.24, 2.45) is 0 Å². The van der Waals surface area contributed by atoms with Gasteiger partial charge in [0.15, 0.2) is 6.29 Å². The minimum absolute atomic E-state index is 0.222. The van der Waals surface area contributed by atoms with E-state index in [0.29, 0.717) is 17.5 Å². The van der Waals surface area contributed by atoms with Crippen LogP contribution in [0.25, 0.3) is 0 Å². The van der Waals surface area contributed by atoms with Crippen LogP contribution >= 0.6 is 0 Å². The lowest BCUT2D eigenvalue weighted by Gasteiger charge is -2.09. The molecule has 0 fully saturated rings. The first-order valence-corrected chi connectivity index (χ1v) is 5.36. The van der Waals surface area contributed by atoms with Gasteiger partial charge in [-0.15, -0.1) is 13.2 Å². The summed E-state index contributed by atoms with van der Waals surface area (Å²) in [5.41, 5.74) is 0.808. The highest BCUT2D eigenvalue weighted by Gasteiger charge is 2.30. The number of aldehydes is 1. The van der Waals surface area contributed by atoms with Crippen molar-refractivity contribution in [3.05, 3.63) is 42.2 Å². The number of halogens is 3. The van der Waals surface area contributed by atoms with Crippen LogP contribution in [0.5, 0.6) is 5.75 Å². The number of alkyl halides is 3. The van der Waals surface area contributed by atoms with E-state index in [4.69, 9.17) is 0 Å². The van der Waals surface area contributed by atoms with Crippen LogP contribution in [0, 0.1) is 0 Å². The standard InChI is InChI=1S/C12H8F3N3O2/c13-12(14,15)20-10-3-1-9(2-4-10)18-11-16-5-8(7-19)6-17-11/h1-7H,(H,16,17,18). The maximum absolute atomic E-state index is 12.0. The number of anilines is 2. The first-order valence-electron chi connectivity index (χ1n) is 5.36. The molecule has 20 heavy (non-hydrogen) atoms. The van der Waals surface area contributed by atoms with Crippen LogP contribution in [0.1, 0.15) is 10.4 Å². The maximum Gasteiger partial charge on any atom is 0.573 e. The van der Waals surface area contributed by atoms with Crippen LogP contribution in [0.2, 0.25) is 0 Å². The molecule has 0 aliphatic rings. The molecule has 0 spiro atoms. The molecule has 1 aromatic heterocycles. The van der Waals surface area contributed by atoms with Crippen LogP contribution < -0.4 is 10.1 Å². The molecule has 8 heteroatoms. The van der Waals surface area contributed by atoms with Crippen molar-refractivity contribution in [3.63, 3.8) is 0 Å². The summed E-state index contributed by atoms with van der Waals surface area (Å²) in [5.74, 6) is -0.0969. The van der Waals surface area contributed by atoms with Crippen molar-refractivity contribution in [2.45, 2.75) is 6.36 Å². The van der Waals surface area contributed by atoms with E-state index in [1.54, 1.807) is 0 Å². The SMILES string of the molecule is O=Cc1cnc(Nc2ccc(OC(F)(F)F)cc2)nc1. The van der Waals surface area contributed by atoms with Crippen LogP contribution in [-0.4, -0.2) is 22.6 Å². The zero-order valence-corrected chi connectivity index (χ0v) is 9.89. The molecule has 2 aromatic rings. The molecule has 104 valence electrons. The molecule has 0 bridgehead atoms. The molecule has 1 heterocycles. The Morgan fingerprint density at radius 2 is 1.70 bits per heavy atom. The smallest absolute Gasteiger partial charge is 0.406 e. The fourth-order valence-electron chi connectivity index (χ4n) is 1.33. The Bertz CT molecular complexity index is 582. The van der Waals surface area contributed by atoms with Gasteiger partial charge < -0.3 is 10.1 Å². The Hall–Kier alpha value is -2.64. The number of carbonyl (C=O) groups excluding carboxylic acids is 1. The lowest BCUT2D eigenvalue weighted by Crippen LogP contribution is -2.16. The zero-order valence-electron chi connectivity index (χ0n) is 9.89. The van der Waals surface area contributed by atoms with Gasteiger partial charge in [0.2, 0.25) is 5.95 Å². The number of hydrogen-bond donors (Lipinski definition) is 1. The van der Waals surface area contributed by atoms with Gasteiger partial charge in [-0.1, -0.05) is 0 Å². The summed E-state index contributed by atoms with van der Waals surface area (Å²) in [6.45, 7) is 0. The molecular formula is C12H8F3N3O2. The number of benzene rings is 1. The molecule has 0 saturated heterocycles. The average Bonchev–Trinajstić information content (AvgIpc) is 2.40. The third-order valence-corrected chi connectivity index (χ3v) is 2.15. The predicted molar refractivity (Wildman–Crippen MR) is 63.8 cm³/mol. The predicted octanol–water partition coefficient (Wildman–Crippen LogP) is 2.93. The normalized spacial score (nSPS) is 10.9. The number of ether oxygens (including phenoxy) is 1. The lowest BCUT2D eigenvalue weighted by atomic mass is 10.3. The number of nitrogens with zero attached hydrogens (tertiary/aromatic N) is 2. The Kier molecular flexibility index (Phi) is 3.83. The average molecular weight is 283 g/mol. The molecule has 5 nitrogen and oxygen atoms in total. The molecule has 2 rings (SSSR count). The van der Waals surface area contributed by atoms with E-state index < -0.39 is 6.36 Å². The Morgan fingerprint density at radius 3 is 2.20 bits per heavy atom. The van der Waals surface area contributed by atoms with Crippen molar-refractivity contribution in [1.82, 2.24) is 9.97 Å². The second-order valence-electron chi connectivity index (χ2n) is 3.66. The lowest BCUT2D eigenvalue weighted by molar-refractivity contribution is -0.274. The molecule has 1 aromatic carbocycles. The van der Waals surface area contributed by atoms with E-state index in [1.165, 1.54) is 24.5 Å². The van der Waals surface area contributed by atoms with Gasteiger partial charge in [-0.05, 0) is 24.3 Å². The van der Waals surface area contributed by atoms with Gasteiger partial charge >= 0.3 is 6.36 Å². The second kappa shape index (κ2) is 5.55. The summed E-state index contributed by atoms with van der Waals surface area (Å²) in [7, 11) is 0. The van der Waals surface area contributed by atoms with Gasteiger partial charge in [-0.3, -0.25) is 4.79 Å². The van der Waals surface area contributed by atoms with Crippen molar-refractivity contribution < 1.29 is 22.7 Å². The number of carbonyl (C=O) groups is 1. The van der Waals surface area contributed by atoms with E-state index >= 15 is 0 Å². The van der Waals surface area contributed by atoms with Crippen molar-refractivity contribution >= 4 is 17.9 Å². The summed E-state index contributed by atoms with van der Waals surface area (Å²) < 4.78 is 39.7. The van der Waals surface area contributed by atoms with E-state index in [1.807, 2.05) is 0 Å². The Labute approximate surface area is 111 Å². The monoisotopic (exact) mass is 283 g/mol.